The van der Waals surface area contributed by atoms with E-state index in [1.54, 1.807) is 0 Å². The number of nitrogens with zero attached hydrogens (tertiary/aromatic N) is 1. The van der Waals surface area contributed by atoms with Crippen molar-refractivity contribution in [3.63, 3.8) is 0 Å². The highest BCUT2D eigenvalue weighted by molar-refractivity contribution is 6.83. The van der Waals surface area contributed by atoms with Crippen molar-refractivity contribution in [1.82, 2.24) is 4.90 Å². The van der Waals surface area contributed by atoms with Crippen LogP contribution < -0.4 is 0 Å². The molecule has 1 aromatic rings. The van der Waals surface area contributed by atoms with Crippen LogP contribution in [0.5, 0.6) is 0 Å². The van der Waals surface area contributed by atoms with Gasteiger partial charge < -0.3 is 9.64 Å². The molecule has 0 unspecified atom stereocenters. The molecular formula is C20H33NO2Si. The summed E-state index contributed by atoms with van der Waals surface area (Å²) in [6, 6.07) is 10.1. The Labute approximate surface area is 148 Å². The highest BCUT2D eigenvalue weighted by atomic mass is 28.3. The minimum absolute atomic E-state index is 0.244. The van der Waals surface area contributed by atoms with Crippen molar-refractivity contribution < 1.29 is 9.53 Å². The van der Waals surface area contributed by atoms with Crippen LogP contribution in [0, 0.1) is 0 Å². The number of rotatable bonds is 6. The summed E-state index contributed by atoms with van der Waals surface area (Å²) in [7, 11) is -1.48. The molecule has 0 atom stereocenters. The molecule has 4 heteroatoms. The van der Waals surface area contributed by atoms with Gasteiger partial charge in [-0.05, 0) is 32.8 Å². The van der Waals surface area contributed by atoms with Gasteiger partial charge in [0, 0.05) is 13.1 Å². The molecule has 24 heavy (non-hydrogen) atoms. The van der Waals surface area contributed by atoms with Gasteiger partial charge in [0.05, 0.1) is 8.07 Å². The molecule has 0 aliphatic carbocycles. The number of benzene rings is 1. The Balaban J connectivity index is 3.03. The van der Waals surface area contributed by atoms with Crippen molar-refractivity contribution in [3.05, 3.63) is 47.2 Å². The van der Waals surface area contributed by atoms with Gasteiger partial charge in [-0.1, -0.05) is 68.2 Å². The van der Waals surface area contributed by atoms with Crippen molar-refractivity contribution in [2.45, 2.75) is 65.9 Å². The van der Waals surface area contributed by atoms with Gasteiger partial charge in [0.2, 0.25) is 0 Å². The molecule has 0 N–H and O–H groups in total. The minimum atomic E-state index is -1.48. The molecule has 0 radical (unpaired) electrons. The van der Waals surface area contributed by atoms with Crippen LogP contribution in [-0.4, -0.2) is 31.2 Å². The van der Waals surface area contributed by atoms with E-state index < -0.39 is 13.7 Å². The van der Waals surface area contributed by atoms with Gasteiger partial charge in [-0.2, -0.15) is 0 Å². The van der Waals surface area contributed by atoms with Crippen LogP contribution in [-0.2, 0) is 11.3 Å². The smallest absolute Gasteiger partial charge is 0.410 e. The molecule has 1 amide bonds. The van der Waals surface area contributed by atoms with Crippen molar-refractivity contribution >= 4 is 14.2 Å². The Morgan fingerprint density at radius 2 is 1.75 bits per heavy atom. The fourth-order valence-electron chi connectivity index (χ4n) is 2.38. The molecule has 0 aliphatic heterocycles. The molecule has 3 nitrogen and oxygen atoms in total. The summed E-state index contributed by atoms with van der Waals surface area (Å²) in [5.74, 6) is 0. The van der Waals surface area contributed by atoms with E-state index in [0.29, 0.717) is 13.1 Å². The third-order valence-corrected chi connectivity index (χ3v) is 5.93. The van der Waals surface area contributed by atoms with E-state index in [0.717, 1.165) is 12.0 Å². The first-order valence-electron chi connectivity index (χ1n) is 8.74. The number of amides is 1. The Morgan fingerprint density at radius 3 is 2.21 bits per heavy atom. The SMILES string of the molecule is CC/C=C(\CN(Cc1ccccc1)C(=O)OC(C)(C)C)[Si](C)(C)C. The van der Waals surface area contributed by atoms with E-state index in [1.807, 2.05) is 43.9 Å². The largest absolute Gasteiger partial charge is 0.444 e. The van der Waals surface area contributed by atoms with Crippen molar-refractivity contribution in [1.29, 1.82) is 0 Å². The lowest BCUT2D eigenvalue weighted by molar-refractivity contribution is 0.0254. The van der Waals surface area contributed by atoms with Crippen LogP contribution >= 0.6 is 0 Å². The highest BCUT2D eigenvalue weighted by Crippen LogP contribution is 2.20. The van der Waals surface area contributed by atoms with E-state index in [9.17, 15) is 4.79 Å². The molecule has 0 fully saturated rings. The number of allylic oxidation sites excluding steroid dienone is 1. The number of hydrogen-bond donors (Lipinski definition) is 0. The minimum Gasteiger partial charge on any atom is -0.444 e. The second-order valence-electron chi connectivity index (χ2n) is 8.21. The third kappa shape index (κ3) is 7.34. The topological polar surface area (TPSA) is 29.5 Å². The molecule has 1 aromatic carbocycles. The molecular weight excluding hydrogens is 314 g/mol. The van der Waals surface area contributed by atoms with Crippen LogP contribution in [0.1, 0.15) is 39.7 Å². The molecule has 0 heterocycles. The molecule has 1 rings (SSSR count). The maximum absolute atomic E-state index is 12.7. The predicted octanol–water partition coefficient (Wildman–Crippen LogP) is 5.64. The number of hydrogen-bond acceptors (Lipinski definition) is 2. The van der Waals surface area contributed by atoms with Gasteiger partial charge >= 0.3 is 6.09 Å². The average Bonchev–Trinajstić information content (AvgIpc) is 2.44. The maximum Gasteiger partial charge on any atom is 0.410 e. The van der Waals surface area contributed by atoms with E-state index in [1.165, 1.54) is 5.20 Å². The standard InChI is InChI=1S/C20H33NO2Si/c1-8-12-18(24(5,6)7)16-21(19(22)23-20(2,3)4)15-17-13-10-9-11-14-17/h9-14H,8,15-16H2,1-7H3/b18-12+. The number of ether oxygens (including phenoxy) is 1. The first-order valence-corrected chi connectivity index (χ1v) is 12.2. The first-order chi connectivity index (χ1) is 11.0. The first kappa shape index (κ1) is 20.5. The Kier molecular flexibility index (Phi) is 7.27. The van der Waals surface area contributed by atoms with Gasteiger partial charge in [-0.25, -0.2) is 4.79 Å². The van der Waals surface area contributed by atoms with Crippen LogP contribution in [0.25, 0.3) is 0 Å². The monoisotopic (exact) mass is 347 g/mol. The molecule has 0 bridgehead atoms. The van der Waals surface area contributed by atoms with Crippen molar-refractivity contribution in [2.75, 3.05) is 6.54 Å². The van der Waals surface area contributed by atoms with E-state index in [4.69, 9.17) is 4.74 Å². The van der Waals surface area contributed by atoms with Gasteiger partial charge in [0.15, 0.2) is 0 Å². The van der Waals surface area contributed by atoms with E-state index in [2.05, 4.69) is 44.8 Å². The third-order valence-electron chi connectivity index (χ3n) is 3.64. The molecule has 0 aromatic heterocycles. The van der Waals surface area contributed by atoms with E-state index in [-0.39, 0.29) is 6.09 Å². The summed E-state index contributed by atoms with van der Waals surface area (Å²) in [5, 5.41) is 1.40. The zero-order chi connectivity index (χ0) is 18.4. The summed E-state index contributed by atoms with van der Waals surface area (Å²) in [4.78, 5) is 14.6. The lowest BCUT2D eigenvalue weighted by Crippen LogP contribution is -2.41. The highest BCUT2D eigenvalue weighted by Gasteiger charge is 2.27. The number of carbonyl (C=O) groups is 1. The van der Waals surface area contributed by atoms with Gasteiger partial charge in [-0.15, -0.1) is 0 Å². The summed E-state index contributed by atoms with van der Waals surface area (Å²) >= 11 is 0. The van der Waals surface area contributed by atoms with Crippen LogP contribution in [0.15, 0.2) is 41.6 Å². The molecule has 0 aliphatic rings. The van der Waals surface area contributed by atoms with Gasteiger partial charge in [0.1, 0.15) is 5.60 Å². The van der Waals surface area contributed by atoms with Gasteiger partial charge in [0.25, 0.3) is 0 Å². The molecule has 134 valence electrons. The van der Waals surface area contributed by atoms with Crippen molar-refractivity contribution in [2.24, 2.45) is 0 Å². The summed E-state index contributed by atoms with van der Waals surface area (Å²) in [6.07, 6.45) is 3.04. The van der Waals surface area contributed by atoms with Crippen LogP contribution in [0.3, 0.4) is 0 Å². The fourth-order valence-corrected chi connectivity index (χ4v) is 3.86. The lowest BCUT2D eigenvalue weighted by Gasteiger charge is -2.31. The summed E-state index contributed by atoms with van der Waals surface area (Å²) < 4.78 is 5.64. The van der Waals surface area contributed by atoms with Crippen LogP contribution in [0.2, 0.25) is 19.6 Å². The second-order valence-corrected chi connectivity index (χ2v) is 13.4. The Bertz CT molecular complexity index is 553. The normalized spacial score (nSPS) is 12.9. The number of carbonyl (C=O) groups excluding carboxylic acids is 1. The Hall–Kier alpha value is -1.55. The van der Waals surface area contributed by atoms with Crippen molar-refractivity contribution in [3.8, 4) is 0 Å². The molecule has 0 spiro atoms. The van der Waals surface area contributed by atoms with Gasteiger partial charge in [-0.3, -0.25) is 0 Å². The second kappa shape index (κ2) is 8.52. The quantitative estimate of drug-likeness (QED) is 0.623. The maximum atomic E-state index is 12.7. The van der Waals surface area contributed by atoms with Crippen LogP contribution in [0.4, 0.5) is 4.79 Å². The average molecular weight is 348 g/mol. The summed E-state index contributed by atoms with van der Waals surface area (Å²) in [6.45, 7) is 16.1. The molecule has 0 saturated heterocycles. The fraction of sp³-hybridized carbons (Fsp3) is 0.550. The molecule has 0 saturated carbocycles. The zero-order valence-electron chi connectivity index (χ0n) is 16.3. The van der Waals surface area contributed by atoms with E-state index >= 15 is 0 Å². The summed E-state index contributed by atoms with van der Waals surface area (Å²) in [5.41, 5.74) is 0.634. The predicted molar refractivity (Wildman–Crippen MR) is 105 cm³/mol. The Morgan fingerprint density at radius 1 is 1.17 bits per heavy atom. The lowest BCUT2D eigenvalue weighted by atomic mass is 10.2. The zero-order valence-corrected chi connectivity index (χ0v) is 17.3.